The summed E-state index contributed by atoms with van der Waals surface area (Å²) in [5.41, 5.74) is 3.26. The highest BCUT2D eigenvalue weighted by molar-refractivity contribution is 9.10. The number of ether oxygens (including phenoxy) is 2. The van der Waals surface area contributed by atoms with Gasteiger partial charge in [0, 0.05) is 10.2 Å². The number of nitrogens with one attached hydrogen (secondary N) is 2. The summed E-state index contributed by atoms with van der Waals surface area (Å²) in [5, 5.41) is 5.22. The van der Waals surface area contributed by atoms with Crippen LogP contribution in [0.3, 0.4) is 0 Å². The maximum atomic E-state index is 12.8. The number of anilines is 1. The molecule has 1 saturated heterocycles. The molecule has 0 aromatic heterocycles. The van der Waals surface area contributed by atoms with Crippen molar-refractivity contribution < 1.29 is 23.9 Å². The van der Waals surface area contributed by atoms with E-state index in [2.05, 4.69) is 26.6 Å². The molecule has 9 heteroatoms. The maximum Gasteiger partial charge on any atom is 0.329 e. The number of amides is 4. The molecule has 0 bridgehead atoms. The second kappa shape index (κ2) is 11.1. The number of urea groups is 1. The minimum Gasteiger partial charge on any atom is -0.493 e. The number of rotatable bonds is 8. The molecule has 36 heavy (non-hydrogen) atoms. The van der Waals surface area contributed by atoms with Crippen molar-refractivity contribution in [3.05, 3.63) is 93.6 Å². The van der Waals surface area contributed by atoms with E-state index in [1.807, 2.05) is 43.3 Å². The first-order chi connectivity index (χ1) is 17.3. The molecule has 0 aliphatic carbocycles. The van der Waals surface area contributed by atoms with E-state index < -0.39 is 24.4 Å². The van der Waals surface area contributed by atoms with Crippen molar-refractivity contribution in [3.8, 4) is 11.5 Å². The normalized spacial score (nSPS) is 14.1. The van der Waals surface area contributed by atoms with Gasteiger partial charge in [-0.25, -0.2) is 9.69 Å². The first-order valence-corrected chi connectivity index (χ1v) is 11.9. The van der Waals surface area contributed by atoms with Crippen molar-refractivity contribution in [2.45, 2.75) is 13.5 Å². The zero-order valence-corrected chi connectivity index (χ0v) is 21.3. The van der Waals surface area contributed by atoms with Gasteiger partial charge >= 0.3 is 6.03 Å². The molecule has 4 rings (SSSR count). The van der Waals surface area contributed by atoms with Crippen molar-refractivity contribution in [2.75, 3.05) is 19.0 Å². The number of carbonyl (C=O) groups is 3. The predicted octanol–water partition coefficient (Wildman–Crippen LogP) is 4.88. The van der Waals surface area contributed by atoms with Crippen LogP contribution in [0.15, 0.2) is 76.9 Å². The van der Waals surface area contributed by atoms with Gasteiger partial charge in [0.1, 0.15) is 18.8 Å². The summed E-state index contributed by atoms with van der Waals surface area (Å²) in [4.78, 5) is 38.4. The zero-order valence-electron chi connectivity index (χ0n) is 19.7. The fourth-order valence-corrected chi connectivity index (χ4v) is 3.85. The molecule has 0 atom stereocenters. The van der Waals surface area contributed by atoms with Crippen molar-refractivity contribution in [1.29, 1.82) is 0 Å². The number of hydrogen-bond donors (Lipinski definition) is 2. The van der Waals surface area contributed by atoms with Crippen molar-refractivity contribution in [1.82, 2.24) is 10.2 Å². The van der Waals surface area contributed by atoms with Gasteiger partial charge in [-0.15, -0.1) is 0 Å². The Morgan fingerprint density at radius 2 is 1.83 bits per heavy atom. The average molecular weight is 550 g/mol. The Morgan fingerprint density at radius 1 is 1.06 bits per heavy atom. The van der Waals surface area contributed by atoms with Crippen LogP contribution >= 0.6 is 15.9 Å². The molecule has 3 aromatic rings. The third-order valence-corrected chi connectivity index (χ3v) is 5.90. The summed E-state index contributed by atoms with van der Waals surface area (Å²) in [6, 6.07) is 19.6. The highest BCUT2D eigenvalue weighted by Crippen LogP contribution is 2.30. The van der Waals surface area contributed by atoms with Crippen LogP contribution < -0.4 is 20.1 Å². The first-order valence-electron chi connectivity index (χ1n) is 11.1. The van der Waals surface area contributed by atoms with E-state index in [1.165, 1.54) is 13.2 Å². The zero-order chi connectivity index (χ0) is 25.7. The summed E-state index contributed by atoms with van der Waals surface area (Å²) in [6.07, 6.45) is 1.53. The number of methoxy groups -OCH3 is 1. The molecule has 184 valence electrons. The number of nitrogens with zero attached hydrogens (tertiary/aromatic N) is 1. The SMILES string of the molecule is COc1cc(/C=C2/NC(=O)N(CC(=O)Nc3cccc(C)c3)C2=O)ccc1OCc1ccc(Br)cc1. The Bertz CT molecular complexity index is 1340. The minimum atomic E-state index is -0.660. The van der Waals surface area contributed by atoms with Crippen LogP contribution in [0.2, 0.25) is 0 Å². The van der Waals surface area contributed by atoms with Gasteiger partial charge in [0.25, 0.3) is 5.91 Å². The van der Waals surface area contributed by atoms with Crippen molar-refractivity contribution in [2.24, 2.45) is 0 Å². The molecule has 3 aromatic carbocycles. The van der Waals surface area contributed by atoms with Crippen LogP contribution in [0, 0.1) is 6.92 Å². The van der Waals surface area contributed by atoms with E-state index in [4.69, 9.17) is 9.47 Å². The standard InChI is InChI=1S/C27H24BrN3O5/c1-17-4-3-5-21(12-17)29-25(32)15-31-26(33)22(30-27(31)34)13-19-8-11-23(24(14-19)35-2)36-16-18-6-9-20(28)10-7-18/h3-14H,15-16H2,1-2H3,(H,29,32)(H,30,34)/b22-13+. The predicted molar refractivity (Wildman–Crippen MR) is 139 cm³/mol. The molecule has 4 amide bonds. The Hall–Kier alpha value is -4.11. The maximum absolute atomic E-state index is 12.8. The lowest BCUT2D eigenvalue weighted by Gasteiger charge is -2.12. The van der Waals surface area contributed by atoms with Crippen LogP contribution in [0.4, 0.5) is 10.5 Å². The van der Waals surface area contributed by atoms with Crippen LogP contribution in [0.25, 0.3) is 6.08 Å². The first kappa shape index (κ1) is 25.0. The van der Waals surface area contributed by atoms with E-state index in [9.17, 15) is 14.4 Å². The van der Waals surface area contributed by atoms with Gasteiger partial charge in [-0.05, 0) is 66.1 Å². The molecular formula is C27H24BrN3O5. The Morgan fingerprint density at radius 3 is 2.56 bits per heavy atom. The number of imide groups is 1. The van der Waals surface area contributed by atoms with E-state index in [0.717, 1.165) is 20.5 Å². The second-order valence-electron chi connectivity index (χ2n) is 8.12. The minimum absolute atomic E-state index is 0.0638. The third-order valence-electron chi connectivity index (χ3n) is 5.37. The highest BCUT2D eigenvalue weighted by Gasteiger charge is 2.35. The largest absolute Gasteiger partial charge is 0.493 e. The smallest absolute Gasteiger partial charge is 0.329 e. The molecule has 1 heterocycles. The molecule has 0 saturated carbocycles. The topological polar surface area (TPSA) is 97.0 Å². The molecule has 8 nitrogen and oxygen atoms in total. The van der Waals surface area contributed by atoms with Crippen LogP contribution in [-0.4, -0.2) is 36.4 Å². The molecule has 1 fully saturated rings. The van der Waals surface area contributed by atoms with Gasteiger partial charge in [-0.3, -0.25) is 9.59 Å². The third kappa shape index (κ3) is 6.11. The van der Waals surface area contributed by atoms with Crippen LogP contribution in [-0.2, 0) is 16.2 Å². The molecule has 0 radical (unpaired) electrons. The number of benzene rings is 3. The van der Waals surface area contributed by atoms with Gasteiger partial charge in [-0.1, -0.05) is 46.3 Å². The van der Waals surface area contributed by atoms with Crippen LogP contribution in [0.5, 0.6) is 11.5 Å². The second-order valence-corrected chi connectivity index (χ2v) is 9.04. The Kier molecular flexibility index (Phi) is 7.70. The van der Waals surface area contributed by atoms with Crippen LogP contribution in [0.1, 0.15) is 16.7 Å². The average Bonchev–Trinajstić information content (AvgIpc) is 3.11. The molecule has 1 aliphatic heterocycles. The molecule has 0 spiro atoms. The van der Waals surface area contributed by atoms with Crippen molar-refractivity contribution in [3.63, 3.8) is 0 Å². The van der Waals surface area contributed by atoms with E-state index in [-0.39, 0.29) is 5.70 Å². The van der Waals surface area contributed by atoms with E-state index >= 15 is 0 Å². The Labute approximate surface area is 217 Å². The lowest BCUT2D eigenvalue weighted by molar-refractivity contribution is -0.127. The summed E-state index contributed by atoms with van der Waals surface area (Å²) in [5.74, 6) is -0.0420. The fourth-order valence-electron chi connectivity index (χ4n) is 3.58. The van der Waals surface area contributed by atoms with Crippen molar-refractivity contribution >= 4 is 45.5 Å². The quantitative estimate of drug-likeness (QED) is 0.308. The monoisotopic (exact) mass is 549 g/mol. The summed E-state index contributed by atoms with van der Waals surface area (Å²) < 4.78 is 12.3. The molecule has 0 unspecified atom stereocenters. The lowest BCUT2D eigenvalue weighted by atomic mass is 10.1. The number of carbonyl (C=O) groups excluding carboxylic acids is 3. The molecule has 2 N–H and O–H groups in total. The van der Waals surface area contributed by atoms with E-state index in [0.29, 0.717) is 29.4 Å². The summed E-state index contributed by atoms with van der Waals surface area (Å²) in [6.45, 7) is 1.86. The van der Waals surface area contributed by atoms with Gasteiger partial charge in [-0.2, -0.15) is 0 Å². The fraction of sp³-hybridized carbons (Fsp3) is 0.148. The van der Waals surface area contributed by atoms with Gasteiger partial charge in [0.15, 0.2) is 11.5 Å². The highest BCUT2D eigenvalue weighted by atomic mass is 79.9. The molecule has 1 aliphatic rings. The summed E-state index contributed by atoms with van der Waals surface area (Å²) in [7, 11) is 1.52. The number of aryl methyl sites for hydroxylation is 1. The Balaban J connectivity index is 1.42. The van der Waals surface area contributed by atoms with Gasteiger partial charge in [0.05, 0.1) is 7.11 Å². The van der Waals surface area contributed by atoms with Gasteiger partial charge in [0.2, 0.25) is 5.91 Å². The summed E-state index contributed by atoms with van der Waals surface area (Å²) >= 11 is 3.41. The van der Waals surface area contributed by atoms with E-state index in [1.54, 1.807) is 30.3 Å². The van der Waals surface area contributed by atoms with Gasteiger partial charge < -0.3 is 20.1 Å². The lowest BCUT2D eigenvalue weighted by Crippen LogP contribution is -2.38. The number of hydrogen-bond acceptors (Lipinski definition) is 5. The number of halogens is 1. The molecular weight excluding hydrogens is 526 g/mol.